The fourth-order valence-corrected chi connectivity index (χ4v) is 6.29. The van der Waals surface area contributed by atoms with Gasteiger partial charge in [0.2, 0.25) is 5.91 Å². The van der Waals surface area contributed by atoms with Gasteiger partial charge in [-0.05, 0) is 84.3 Å². The maximum Gasteiger partial charge on any atom is 0.228 e. The van der Waals surface area contributed by atoms with E-state index in [4.69, 9.17) is 14.2 Å². The van der Waals surface area contributed by atoms with Gasteiger partial charge in [-0.15, -0.1) is 0 Å². The van der Waals surface area contributed by atoms with Crippen molar-refractivity contribution in [2.24, 2.45) is 5.92 Å². The molecular formula is C31H33N3O4. The lowest BCUT2D eigenvalue weighted by molar-refractivity contribution is -0.119. The minimum absolute atomic E-state index is 0.0889. The highest BCUT2D eigenvalue weighted by Crippen LogP contribution is 2.53. The molecule has 1 aliphatic carbocycles. The van der Waals surface area contributed by atoms with Crippen molar-refractivity contribution in [1.82, 2.24) is 9.55 Å². The quantitative estimate of drug-likeness (QED) is 0.346. The third-order valence-corrected chi connectivity index (χ3v) is 8.31. The Bertz CT molecular complexity index is 1560. The van der Waals surface area contributed by atoms with Gasteiger partial charge in [0, 0.05) is 25.4 Å². The minimum Gasteiger partial charge on any atom is -0.495 e. The van der Waals surface area contributed by atoms with E-state index in [-0.39, 0.29) is 17.7 Å². The predicted molar refractivity (Wildman–Crippen MR) is 148 cm³/mol. The van der Waals surface area contributed by atoms with Crippen molar-refractivity contribution in [3.8, 4) is 17.2 Å². The standard InChI is InChI=1S/C31H33N3O4/c1-18-11-24-25(12-19(18)2)33(17-32-24)10-9-29(35)34-16-21-13-20-14-27(37-4)28(38-5)15-23(20)30(21)22-7-6-8-26(36-3)31(22)34/h6-8,11-12,14-15,17,21,30H,9-10,13,16H2,1-5H3/t21-,30-/m0/s1. The first-order valence-electron chi connectivity index (χ1n) is 13.1. The summed E-state index contributed by atoms with van der Waals surface area (Å²) in [4.78, 5) is 20.4. The molecule has 1 aliphatic heterocycles. The minimum atomic E-state index is 0.0889. The first-order valence-corrected chi connectivity index (χ1v) is 13.1. The molecule has 4 aromatic rings. The van der Waals surface area contributed by atoms with E-state index in [9.17, 15) is 4.79 Å². The van der Waals surface area contributed by atoms with Crippen LogP contribution in [-0.4, -0.2) is 43.3 Å². The van der Waals surface area contributed by atoms with Gasteiger partial charge in [-0.25, -0.2) is 4.98 Å². The summed E-state index contributed by atoms with van der Waals surface area (Å²) < 4.78 is 19.1. The molecule has 0 fully saturated rings. The molecule has 3 aromatic carbocycles. The molecule has 0 bridgehead atoms. The Labute approximate surface area is 222 Å². The Morgan fingerprint density at radius 1 is 0.947 bits per heavy atom. The summed E-state index contributed by atoms with van der Waals surface area (Å²) in [5.41, 5.74) is 8.96. The van der Waals surface area contributed by atoms with Crippen LogP contribution in [0.5, 0.6) is 17.2 Å². The summed E-state index contributed by atoms with van der Waals surface area (Å²) in [6.45, 7) is 5.41. The number of carbonyl (C=O) groups excluding carboxylic acids is 1. The van der Waals surface area contributed by atoms with Crippen LogP contribution in [0, 0.1) is 19.8 Å². The van der Waals surface area contributed by atoms with E-state index in [0.29, 0.717) is 19.5 Å². The lowest BCUT2D eigenvalue weighted by Crippen LogP contribution is -2.41. The summed E-state index contributed by atoms with van der Waals surface area (Å²) in [5, 5.41) is 0. The number of rotatable bonds is 6. The number of amides is 1. The number of anilines is 1. The number of hydrogen-bond donors (Lipinski definition) is 0. The Balaban J connectivity index is 1.34. The Kier molecular flexibility index (Phi) is 6.01. The summed E-state index contributed by atoms with van der Waals surface area (Å²) in [6, 6.07) is 14.6. The zero-order valence-electron chi connectivity index (χ0n) is 22.6. The Morgan fingerprint density at radius 2 is 1.68 bits per heavy atom. The normalized spacial score (nSPS) is 17.7. The van der Waals surface area contributed by atoms with Crippen molar-refractivity contribution in [2.45, 2.75) is 39.2 Å². The van der Waals surface area contributed by atoms with Crippen molar-refractivity contribution in [3.63, 3.8) is 0 Å². The van der Waals surface area contributed by atoms with Gasteiger partial charge in [0.15, 0.2) is 11.5 Å². The monoisotopic (exact) mass is 511 g/mol. The molecule has 0 saturated carbocycles. The molecule has 0 unspecified atom stereocenters. The van der Waals surface area contributed by atoms with Gasteiger partial charge in [0.1, 0.15) is 5.75 Å². The zero-order valence-corrected chi connectivity index (χ0v) is 22.6. The number of aryl methyl sites for hydroxylation is 3. The maximum atomic E-state index is 13.8. The van der Waals surface area contributed by atoms with Gasteiger partial charge in [-0.3, -0.25) is 4.79 Å². The van der Waals surface area contributed by atoms with Crippen LogP contribution in [0.1, 0.15) is 40.2 Å². The summed E-state index contributed by atoms with van der Waals surface area (Å²) in [7, 11) is 5.00. The van der Waals surface area contributed by atoms with Crippen LogP contribution >= 0.6 is 0 Å². The van der Waals surface area contributed by atoms with E-state index < -0.39 is 0 Å². The highest BCUT2D eigenvalue weighted by atomic mass is 16.5. The molecule has 7 heteroatoms. The molecule has 2 atom stereocenters. The van der Waals surface area contributed by atoms with Crippen molar-refractivity contribution in [2.75, 3.05) is 32.8 Å². The highest BCUT2D eigenvalue weighted by Gasteiger charge is 2.43. The van der Waals surface area contributed by atoms with Crippen molar-refractivity contribution in [3.05, 3.63) is 76.6 Å². The van der Waals surface area contributed by atoms with Crippen LogP contribution in [0.3, 0.4) is 0 Å². The number of nitrogens with zero attached hydrogens (tertiary/aromatic N) is 3. The lowest BCUT2D eigenvalue weighted by atomic mass is 9.81. The molecule has 0 N–H and O–H groups in total. The number of hydrogen-bond acceptors (Lipinski definition) is 5. The first kappa shape index (κ1) is 24.3. The largest absolute Gasteiger partial charge is 0.495 e. The van der Waals surface area contributed by atoms with Gasteiger partial charge >= 0.3 is 0 Å². The number of fused-ring (bicyclic) bond motifs is 6. The average molecular weight is 512 g/mol. The SMILES string of the molecule is COc1cc2c(cc1OC)[C@@H]1c3cccc(OC)c3N(C(=O)CCn3cnc4cc(C)c(C)cc43)C[C@@H]1C2. The third-order valence-electron chi connectivity index (χ3n) is 8.31. The second-order valence-corrected chi connectivity index (χ2v) is 10.4. The molecule has 2 heterocycles. The molecule has 6 rings (SSSR count). The fraction of sp³-hybridized carbons (Fsp3) is 0.355. The average Bonchev–Trinajstić information content (AvgIpc) is 3.50. The van der Waals surface area contributed by atoms with Crippen LogP contribution in [0.2, 0.25) is 0 Å². The van der Waals surface area contributed by atoms with E-state index in [1.54, 1.807) is 21.3 Å². The predicted octanol–water partition coefficient (Wildman–Crippen LogP) is 5.42. The van der Waals surface area contributed by atoms with Crippen LogP contribution in [0.15, 0.2) is 48.8 Å². The van der Waals surface area contributed by atoms with Crippen molar-refractivity contribution < 1.29 is 19.0 Å². The molecular weight excluding hydrogens is 478 g/mol. The molecule has 196 valence electrons. The van der Waals surface area contributed by atoms with Gasteiger partial charge in [0.25, 0.3) is 0 Å². The van der Waals surface area contributed by atoms with Gasteiger partial charge < -0.3 is 23.7 Å². The second kappa shape index (κ2) is 9.39. The smallest absolute Gasteiger partial charge is 0.228 e. The van der Waals surface area contributed by atoms with E-state index in [0.717, 1.165) is 46.0 Å². The van der Waals surface area contributed by atoms with Crippen LogP contribution < -0.4 is 19.1 Å². The number of para-hydroxylation sites is 1. The summed E-state index contributed by atoms with van der Waals surface area (Å²) in [5.74, 6) is 2.72. The number of benzene rings is 3. The van der Waals surface area contributed by atoms with Crippen LogP contribution in [0.4, 0.5) is 5.69 Å². The first-order chi connectivity index (χ1) is 18.4. The van der Waals surface area contributed by atoms with Gasteiger partial charge in [-0.1, -0.05) is 12.1 Å². The molecule has 1 aromatic heterocycles. The van der Waals surface area contributed by atoms with Crippen LogP contribution in [-0.2, 0) is 17.8 Å². The van der Waals surface area contributed by atoms with E-state index >= 15 is 0 Å². The number of imidazole rings is 1. The summed E-state index contributed by atoms with van der Waals surface area (Å²) >= 11 is 0. The molecule has 38 heavy (non-hydrogen) atoms. The van der Waals surface area contributed by atoms with Gasteiger partial charge in [-0.2, -0.15) is 0 Å². The third kappa shape index (κ3) is 3.80. The molecule has 7 nitrogen and oxygen atoms in total. The van der Waals surface area contributed by atoms with Crippen LogP contribution in [0.25, 0.3) is 11.0 Å². The maximum absolute atomic E-state index is 13.8. The van der Waals surface area contributed by atoms with E-state index in [2.05, 4.69) is 53.7 Å². The number of ether oxygens (including phenoxy) is 3. The number of methoxy groups -OCH3 is 3. The number of aromatic nitrogens is 2. The topological polar surface area (TPSA) is 65.8 Å². The number of carbonyl (C=O) groups is 1. The Morgan fingerprint density at radius 3 is 2.45 bits per heavy atom. The molecule has 1 amide bonds. The van der Waals surface area contributed by atoms with Crippen molar-refractivity contribution in [1.29, 1.82) is 0 Å². The van der Waals surface area contributed by atoms with E-state index in [1.807, 2.05) is 23.4 Å². The van der Waals surface area contributed by atoms with E-state index in [1.165, 1.54) is 22.3 Å². The highest BCUT2D eigenvalue weighted by molar-refractivity contribution is 5.97. The van der Waals surface area contributed by atoms with Crippen molar-refractivity contribution >= 4 is 22.6 Å². The molecule has 0 spiro atoms. The summed E-state index contributed by atoms with van der Waals surface area (Å²) in [6.07, 6.45) is 3.10. The Hall–Kier alpha value is -4.00. The fourth-order valence-electron chi connectivity index (χ4n) is 6.29. The second-order valence-electron chi connectivity index (χ2n) is 10.4. The molecule has 0 saturated heterocycles. The molecule has 2 aliphatic rings. The van der Waals surface area contributed by atoms with Gasteiger partial charge in [0.05, 0.1) is 44.4 Å². The lowest BCUT2D eigenvalue weighted by Gasteiger charge is -2.38. The zero-order chi connectivity index (χ0) is 26.6. The molecule has 0 radical (unpaired) electrons.